The van der Waals surface area contributed by atoms with Gasteiger partial charge in [-0.3, -0.25) is 4.79 Å². The molecule has 1 aliphatic rings. The smallest absolute Gasteiger partial charge is 0.419 e. The summed E-state index contributed by atoms with van der Waals surface area (Å²) in [4.78, 5) is 23.3. The van der Waals surface area contributed by atoms with E-state index in [0.29, 0.717) is 23.6 Å². The summed E-state index contributed by atoms with van der Waals surface area (Å²) in [7, 11) is -2.28. The first-order valence-electron chi connectivity index (χ1n) is 8.66. The molecule has 0 saturated carbocycles. The van der Waals surface area contributed by atoms with E-state index in [1.54, 1.807) is 17.7 Å². The van der Waals surface area contributed by atoms with Gasteiger partial charge in [0.05, 0.1) is 5.02 Å². The number of nitrogens with zero attached hydrogens (tertiary/aromatic N) is 2. The van der Waals surface area contributed by atoms with Crippen LogP contribution in [-0.2, 0) is 17.3 Å². The van der Waals surface area contributed by atoms with Crippen LogP contribution in [0.1, 0.15) is 28.9 Å². The van der Waals surface area contributed by atoms with E-state index in [-0.39, 0.29) is 25.0 Å². The first-order chi connectivity index (χ1) is 13.1. The number of carboxylic acid groups (broad SMARTS) is 1. The highest BCUT2D eigenvalue weighted by Crippen LogP contribution is 2.29. The van der Waals surface area contributed by atoms with Crippen molar-refractivity contribution in [1.29, 1.82) is 0 Å². The number of aromatic nitrogens is 1. The fourth-order valence-electron chi connectivity index (χ4n) is 3.38. The molecule has 2 amide bonds. The van der Waals surface area contributed by atoms with Crippen molar-refractivity contribution in [3.05, 3.63) is 34.5 Å². The van der Waals surface area contributed by atoms with E-state index in [2.05, 4.69) is 5.32 Å². The summed E-state index contributed by atoms with van der Waals surface area (Å²) in [6.07, 6.45) is -0.855. The number of benzene rings is 1. The van der Waals surface area contributed by atoms with Gasteiger partial charge in [-0.1, -0.05) is 17.7 Å². The Bertz CT molecular complexity index is 1040. The summed E-state index contributed by atoms with van der Waals surface area (Å²) in [5.41, 5.74) is 2.24. The van der Waals surface area contributed by atoms with Crippen molar-refractivity contribution < 1.29 is 23.1 Å². The second-order valence-corrected chi connectivity index (χ2v) is 8.83. The molecule has 0 aliphatic carbocycles. The van der Waals surface area contributed by atoms with Crippen LogP contribution in [0.3, 0.4) is 0 Å². The molecule has 1 aromatic carbocycles. The Balaban J connectivity index is 1.68. The predicted molar refractivity (Wildman–Crippen MR) is 105 cm³/mol. The molecular formula is C17H21ClN4O5S. The fraction of sp³-hybridized carbons (Fsp3) is 0.412. The third kappa shape index (κ3) is 3.94. The minimum absolute atomic E-state index is 0.119. The van der Waals surface area contributed by atoms with Crippen LogP contribution >= 0.6 is 11.6 Å². The van der Waals surface area contributed by atoms with Crippen LogP contribution in [0.15, 0.2) is 18.2 Å². The van der Waals surface area contributed by atoms with Gasteiger partial charge in [0.15, 0.2) is 0 Å². The van der Waals surface area contributed by atoms with E-state index in [4.69, 9.17) is 16.7 Å². The molecule has 2 heterocycles. The number of aryl methyl sites for hydroxylation is 2. The average Bonchev–Trinajstić information content (AvgIpc) is 2.95. The zero-order valence-corrected chi connectivity index (χ0v) is 17.0. The number of amides is 2. The SMILES string of the molecule is Cc1ccc2c(cc(C(=O)NC3CCN(S(=O)(=O)NC(=O)O)CC3)n2C)c1Cl. The summed E-state index contributed by atoms with van der Waals surface area (Å²) in [5.74, 6) is -0.266. The molecule has 3 rings (SSSR count). The van der Waals surface area contributed by atoms with Gasteiger partial charge in [-0.15, -0.1) is 0 Å². The number of halogens is 1. The maximum atomic E-state index is 12.7. The van der Waals surface area contributed by atoms with E-state index in [1.807, 2.05) is 19.1 Å². The molecule has 0 radical (unpaired) electrons. The Labute approximate surface area is 167 Å². The first-order valence-corrected chi connectivity index (χ1v) is 10.5. The van der Waals surface area contributed by atoms with Crippen molar-refractivity contribution in [3.8, 4) is 0 Å². The molecule has 28 heavy (non-hydrogen) atoms. The van der Waals surface area contributed by atoms with Crippen LogP contribution in [0.25, 0.3) is 10.9 Å². The van der Waals surface area contributed by atoms with E-state index >= 15 is 0 Å². The molecule has 2 aromatic rings. The van der Waals surface area contributed by atoms with Crippen molar-refractivity contribution in [2.45, 2.75) is 25.8 Å². The summed E-state index contributed by atoms with van der Waals surface area (Å²) in [5, 5.41) is 12.9. The highest BCUT2D eigenvalue weighted by Gasteiger charge is 2.30. The van der Waals surface area contributed by atoms with E-state index in [0.717, 1.165) is 20.8 Å². The van der Waals surface area contributed by atoms with Crippen molar-refractivity contribution in [2.75, 3.05) is 13.1 Å². The highest BCUT2D eigenvalue weighted by atomic mass is 35.5. The largest absolute Gasteiger partial charge is 0.464 e. The highest BCUT2D eigenvalue weighted by molar-refractivity contribution is 7.87. The summed E-state index contributed by atoms with van der Waals surface area (Å²) >= 11 is 6.35. The average molecular weight is 429 g/mol. The van der Waals surface area contributed by atoms with E-state index < -0.39 is 16.3 Å². The standard InChI is InChI=1S/C17H21ClN4O5S/c1-10-3-4-13-12(15(10)18)9-14(21(13)2)16(23)19-11-5-7-22(8-6-11)28(26,27)20-17(24)25/h3-4,9,11,20H,5-8H2,1-2H3,(H,19,23)(H,24,25). The zero-order valence-electron chi connectivity index (χ0n) is 15.4. The maximum Gasteiger partial charge on any atom is 0.419 e. The lowest BCUT2D eigenvalue weighted by Crippen LogP contribution is -2.50. The van der Waals surface area contributed by atoms with Gasteiger partial charge in [-0.25, -0.2) is 9.52 Å². The topological polar surface area (TPSA) is 121 Å². The van der Waals surface area contributed by atoms with Gasteiger partial charge in [0.1, 0.15) is 5.69 Å². The molecule has 0 atom stereocenters. The number of piperidine rings is 1. The van der Waals surface area contributed by atoms with Gasteiger partial charge in [-0.2, -0.15) is 12.7 Å². The van der Waals surface area contributed by atoms with Gasteiger partial charge >= 0.3 is 16.3 Å². The minimum atomic E-state index is -4.07. The molecule has 1 aliphatic heterocycles. The number of carbonyl (C=O) groups is 2. The summed E-state index contributed by atoms with van der Waals surface area (Å²) in [6, 6.07) is 5.34. The number of fused-ring (bicyclic) bond motifs is 1. The molecule has 9 nitrogen and oxygen atoms in total. The Kier molecular flexibility index (Phi) is 5.55. The van der Waals surface area contributed by atoms with E-state index in [1.165, 1.54) is 4.72 Å². The Hall–Kier alpha value is -2.30. The minimum Gasteiger partial charge on any atom is -0.464 e. The lowest BCUT2D eigenvalue weighted by molar-refractivity contribution is 0.0916. The van der Waals surface area contributed by atoms with E-state index in [9.17, 15) is 18.0 Å². The Morgan fingerprint density at radius 1 is 1.25 bits per heavy atom. The quantitative estimate of drug-likeness (QED) is 0.686. The summed E-state index contributed by atoms with van der Waals surface area (Å²) in [6.45, 7) is 2.14. The third-order valence-electron chi connectivity index (χ3n) is 4.93. The number of carbonyl (C=O) groups excluding carboxylic acids is 1. The second-order valence-electron chi connectivity index (χ2n) is 6.78. The first kappa shape index (κ1) is 20.4. The lowest BCUT2D eigenvalue weighted by atomic mass is 10.1. The number of hydrogen-bond acceptors (Lipinski definition) is 4. The van der Waals surface area contributed by atoms with Crippen molar-refractivity contribution >= 4 is 44.7 Å². The second kappa shape index (κ2) is 7.61. The molecule has 3 N–H and O–H groups in total. The molecule has 152 valence electrons. The van der Waals surface area contributed by atoms with Crippen LogP contribution in [-0.4, -0.2) is 53.5 Å². The molecule has 0 unspecified atom stereocenters. The normalized spacial score (nSPS) is 16.2. The molecule has 0 spiro atoms. The Morgan fingerprint density at radius 3 is 2.50 bits per heavy atom. The fourth-order valence-corrected chi connectivity index (χ4v) is 4.63. The molecular weight excluding hydrogens is 408 g/mol. The molecule has 11 heteroatoms. The monoisotopic (exact) mass is 428 g/mol. The van der Waals surface area contributed by atoms with Crippen LogP contribution in [0.4, 0.5) is 4.79 Å². The Morgan fingerprint density at radius 2 is 1.89 bits per heavy atom. The third-order valence-corrected chi connectivity index (χ3v) is 6.91. The van der Waals surface area contributed by atoms with Crippen molar-refractivity contribution in [3.63, 3.8) is 0 Å². The predicted octanol–water partition coefficient (Wildman–Crippen LogP) is 1.85. The lowest BCUT2D eigenvalue weighted by Gasteiger charge is -2.31. The van der Waals surface area contributed by atoms with Gasteiger partial charge in [0.2, 0.25) is 0 Å². The van der Waals surface area contributed by atoms with Crippen molar-refractivity contribution in [1.82, 2.24) is 18.9 Å². The van der Waals surface area contributed by atoms with Crippen LogP contribution in [0.5, 0.6) is 0 Å². The van der Waals surface area contributed by atoms with Crippen LogP contribution in [0, 0.1) is 6.92 Å². The molecule has 1 aromatic heterocycles. The van der Waals surface area contributed by atoms with Gasteiger partial charge < -0.3 is 15.0 Å². The maximum absolute atomic E-state index is 12.7. The van der Waals surface area contributed by atoms with Crippen LogP contribution in [0.2, 0.25) is 5.02 Å². The molecule has 1 saturated heterocycles. The number of rotatable bonds is 4. The molecule has 1 fully saturated rings. The number of hydrogen-bond donors (Lipinski definition) is 3. The summed E-state index contributed by atoms with van der Waals surface area (Å²) < 4.78 is 28.1. The zero-order chi connectivity index (χ0) is 20.6. The van der Waals surface area contributed by atoms with Crippen molar-refractivity contribution in [2.24, 2.45) is 7.05 Å². The van der Waals surface area contributed by atoms with Gasteiger partial charge in [-0.05, 0) is 37.5 Å². The molecule has 0 bridgehead atoms. The van der Waals surface area contributed by atoms with Gasteiger partial charge in [0.25, 0.3) is 5.91 Å². The van der Waals surface area contributed by atoms with Crippen LogP contribution < -0.4 is 10.0 Å². The number of nitrogens with one attached hydrogen (secondary N) is 2. The van der Waals surface area contributed by atoms with Gasteiger partial charge in [0, 0.05) is 37.1 Å².